The topological polar surface area (TPSA) is 56.7 Å². The van der Waals surface area contributed by atoms with E-state index in [2.05, 4.69) is 15.0 Å². The summed E-state index contributed by atoms with van der Waals surface area (Å²) in [6.45, 7) is 0. The maximum absolute atomic E-state index is 5.50. The zero-order valence-corrected chi connectivity index (χ0v) is 10.5. The van der Waals surface area contributed by atoms with Crippen molar-refractivity contribution in [3.63, 3.8) is 0 Å². The van der Waals surface area contributed by atoms with Gasteiger partial charge in [-0.1, -0.05) is 6.07 Å². The van der Waals surface area contributed by atoms with Crippen molar-refractivity contribution in [2.75, 3.05) is 0 Å². The summed E-state index contributed by atoms with van der Waals surface area (Å²) < 4.78 is 7.38. The third kappa shape index (κ3) is 1.60. The molecule has 0 aliphatic rings. The molecule has 0 N–H and O–H groups in total. The van der Waals surface area contributed by atoms with Crippen LogP contribution in [0, 0.1) is 0 Å². The summed E-state index contributed by atoms with van der Waals surface area (Å²) in [6, 6.07) is 13.2. The maximum atomic E-state index is 5.50. The fraction of sp³-hybridized carbons (Fsp3) is 0. The van der Waals surface area contributed by atoms with Crippen LogP contribution in [-0.4, -0.2) is 19.5 Å². The Morgan fingerprint density at radius 2 is 1.85 bits per heavy atom. The van der Waals surface area contributed by atoms with Crippen LogP contribution in [0.5, 0.6) is 0 Å². The maximum Gasteiger partial charge on any atom is 0.206 e. The smallest absolute Gasteiger partial charge is 0.206 e. The zero-order valence-electron chi connectivity index (χ0n) is 10.5. The number of aromatic nitrogens is 4. The fourth-order valence-electron chi connectivity index (χ4n) is 2.19. The van der Waals surface area contributed by atoms with Crippen LogP contribution in [0.2, 0.25) is 0 Å². The van der Waals surface area contributed by atoms with Crippen molar-refractivity contribution in [2.45, 2.75) is 0 Å². The highest BCUT2D eigenvalue weighted by molar-refractivity contribution is 5.78. The summed E-state index contributed by atoms with van der Waals surface area (Å²) in [4.78, 5) is 13.4. The quantitative estimate of drug-likeness (QED) is 0.557. The second kappa shape index (κ2) is 4.31. The molecule has 96 valence electrons. The minimum absolute atomic E-state index is 0.673. The Kier molecular flexibility index (Phi) is 2.35. The summed E-state index contributed by atoms with van der Waals surface area (Å²) in [5.74, 6) is 1.39. The van der Waals surface area contributed by atoms with E-state index in [4.69, 9.17) is 4.42 Å². The lowest BCUT2D eigenvalue weighted by atomic mass is 10.3. The molecule has 0 fully saturated rings. The van der Waals surface area contributed by atoms with E-state index in [9.17, 15) is 0 Å². The third-order valence-electron chi connectivity index (χ3n) is 3.04. The highest BCUT2D eigenvalue weighted by atomic mass is 16.3. The molecule has 4 aromatic rings. The molecule has 0 amide bonds. The minimum Gasteiger partial charge on any atom is -0.448 e. The lowest BCUT2D eigenvalue weighted by Crippen LogP contribution is -1.98. The molecule has 0 spiro atoms. The molecular formula is C15H10N4O. The summed E-state index contributed by atoms with van der Waals surface area (Å²) in [6.07, 6.45) is 5.12. The molecule has 0 saturated heterocycles. The van der Waals surface area contributed by atoms with Crippen LogP contribution >= 0.6 is 0 Å². The van der Waals surface area contributed by atoms with Crippen LogP contribution in [0.15, 0.2) is 65.5 Å². The molecule has 0 radical (unpaired) electrons. The van der Waals surface area contributed by atoms with Gasteiger partial charge >= 0.3 is 0 Å². The second-order valence-electron chi connectivity index (χ2n) is 4.28. The first kappa shape index (κ1) is 10.9. The number of nitrogens with zero attached hydrogens (tertiary/aromatic N) is 4. The standard InChI is InChI=1S/C15H10N4O/c1-2-8-16-11(5-1)15-18-12-6-3-9-17-14(12)19(15)13-7-4-10-20-13/h1-10H. The van der Waals surface area contributed by atoms with E-state index >= 15 is 0 Å². The molecule has 0 aromatic carbocycles. The predicted molar refractivity (Wildman–Crippen MR) is 74.4 cm³/mol. The second-order valence-corrected chi connectivity index (χ2v) is 4.28. The highest BCUT2D eigenvalue weighted by Crippen LogP contribution is 2.26. The van der Waals surface area contributed by atoms with Crippen LogP contribution in [0.3, 0.4) is 0 Å². The van der Waals surface area contributed by atoms with Crippen LogP contribution in [0.4, 0.5) is 0 Å². The van der Waals surface area contributed by atoms with Gasteiger partial charge in [0.05, 0.1) is 6.26 Å². The molecule has 0 bridgehead atoms. The Labute approximate surface area is 114 Å². The number of imidazole rings is 1. The molecule has 0 atom stereocenters. The number of rotatable bonds is 2. The molecule has 0 aliphatic heterocycles. The van der Waals surface area contributed by atoms with Crippen molar-refractivity contribution < 1.29 is 4.42 Å². The van der Waals surface area contributed by atoms with E-state index in [1.807, 2.05) is 47.0 Å². The predicted octanol–water partition coefficient (Wildman–Crippen LogP) is 3.08. The Balaban J connectivity index is 2.08. The number of pyridine rings is 2. The van der Waals surface area contributed by atoms with Gasteiger partial charge in [-0.2, -0.15) is 0 Å². The van der Waals surface area contributed by atoms with Crippen molar-refractivity contribution in [3.8, 4) is 17.4 Å². The van der Waals surface area contributed by atoms with Gasteiger partial charge in [-0.3, -0.25) is 4.98 Å². The Morgan fingerprint density at radius 1 is 0.900 bits per heavy atom. The zero-order chi connectivity index (χ0) is 13.4. The summed E-state index contributed by atoms with van der Waals surface area (Å²) in [5, 5.41) is 0. The van der Waals surface area contributed by atoms with Crippen LogP contribution in [0.1, 0.15) is 0 Å². The number of hydrogen-bond donors (Lipinski definition) is 0. The molecule has 5 heteroatoms. The van der Waals surface area contributed by atoms with Gasteiger partial charge in [0.15, 0.2) is 11.5 Å². The van der Waals surface area contributed by atoms with Gasteiger partial charge in [0.2, 0.25) is 5.88 Å². The van der Waals surface area contributed by atoms with Gasteiger partial charge in [-0.15, -0.1) is 0 Å². The number of fused-ring (bicyclic) bond motifs is 1. The average molecular weight is 262 g/mol. The lowest BCUT2D eigenvalue weighted by Gasteiger charge is -2.04. The van der Waals surface area contributed by atoms with E-state index in [1.165, 1.54) is 0 Å². The molecule has 0 unspecified atom stereocenters. The van der Waals surface area contributed by atoms with E-state index in [-0.39, 0.29) is 0 Å². The molecule has 4 heterocycles. The fourth-order valence-corrected chi connectivity index (χ4v) is 2.19. The van der Waals surface area contributed by atoms with Gasteiger partial charge < -0.3 is 4.42 Å². The third-order valence-corrected chi connectivity index (χ3v) is 3.04. The first-order valence-electron chi connectivity index (χ1n) is 6.22. The summed E-state index contributed by atoms with van der Waals surface area (Å²) in [7, 11) is 0. The Bertz CT molecular complexity index is 850. The molecule has 5 nitrogen and oxygen atoms in total. The largest absolute Gasteiger partial charge is 0.448 e. The van der Waals surface area contributed by atoms with Gasteiger partial charge in [-0.05, 0) is 30.3 Å². The first-order valence-corrected chi connectivity index (χ1v) is 6.22. The summed E-state index contributed by atoms with van der Waals surface area (Å²) in [5.41, 5.74) is 2.34. The van der Waals surface area contributed by atoms with E-state index in [0.717, 1.165) is 16.9 Å². The van der Waals surface area contributed by atoms with Gasteiger partial charge in [0.25, 0.3) is 0 Å². The molecule has 4 aromatic heterocycles. The van der Waals surface area contributed by atoms with Crippen LogP contribution < -0.4 is 0 Å². The van der Waals surface area contributed by atoms with Gasteiger partial charge in [0.1, 0.15) is 11.2 Å². The van der Waals surface area contributed by atoms with Crippen molar-refractivity contribution in [3.05, 3.63) is 61.1 Å². The Morgan fingerprint density at radius 3 is 2.65 bits per heavy atom. The molecule has 4 rings (SSSR count). The van der Waals surface area contributed by atoms with Crippen LogP contribution in [-0.2, 0) is 0 Å². The normalized spacial score (nSPS) is 11.0. The molecule has 0 saturated carbocycles. The van der Waals surface area contributed by atoms with E-state index in [0.29, 0.717) is 11.7 Å². The van der Waals surface area contributed by atoms with Gasteiger partial charge in [0, 0.05) is 18.5 Å². The van der Waals surface area contributed by atoms with Crippen molar-refractivity contribution in [1.29, 1.82) is 0 Å². The Hall–Kier alpha value is -2.95. The number of hydrogen-bond acceptors (Lipinski definition) is 4. The molecule has 0 aliphatic carbocycles. The van der Waals surface area contributed by atoms with Crippen molar-refractivity contribution in [2.24, 2.45) is 0 Å². The van der Waals surface area contributed by atoms with E-state index in [1.54, 1.807) is 18.7 Å². The highest BCUT2D eigenvalue weighted by Gasteiger charge is 2.17. The van der Waals surface area contributed by atoms with Crippen LogP contribution in [0.25, 0.3) is 28.6 Å². The lowest BCUT2D eigenvalue weighted by molar-refractivity contribution is 0.542. The van der Waals surface area contributed by atoms with Gasteiger partial charge in [-0.25, -0.2) is 14.5 Å². The summed E-state index contributed by atoms with van der Waals surface area (Å²) >= 11 is 0. The van der Waals surface area contributed by atoms with Crippen molar-refractivity contribution in [1.82, 2.24) is 19.5 Å². The molecular weight excluding hydrogens is 252 g/mol. The monoisotopic (exact) mass is 262 g/mol. The average Bonchev–Trinajstić information content (AvgIpc) is 3.14. The number of furan rings is 1. The molecule has 20 heavy (non-hydrogen) atoms. The first-order chi connectivity index (χ1) is 9.93. The minimum atomic E-state index is 0.673. The van der Waals surface area contributed by atoms with E-state index < -0.39 is 0 Å². The SMILES string of the molecule is c1ccc(-c2nc3cccnc3n2-c2ccco2)nc1. The van der Waals surface area contributed by atoms with Crippen molar-refractivity contribution >= 4 is 11.2 Å².